The summed E-state index contributed by atoms with van der Waals surface area (Å²) < 4.78 is 5.56. The molecular formula is C15H24N2O. The monoisotopic (exact) mass is 248 g/mol. The van der Waals surface area contributed by atoms with Crippen molar-refractivity contribution in [3.8, 4) is 5.75 Å². The van der Waals surface area contributed by atoms with Crippen molar-refractivity contribution in [1.82, 2.24) is 5.32 Å². The van der Waals surface area contributed by atoms with Gasteiger partial charge in [0.25, 0.3) is 0 Å². The van der Waals surface area contributed by atoms with E-state index >= 15 is 0 Å². The Morgan fingerprint density at radius 2 is 2.00 bits per heavy atom. The van der Waals surface area contributed by atoms with Crippen LogP contribution in [0.15, 0.2) is 12.1 Å². The van der Waals surface area contributed by atoms with E-state index in [4.69, 9.17) is 10.5 Å². The third-order valence-electron chi connectivity index (χ3n) is 4.02. The Balaban J connectivity index is 2.35. The van der Waals surface area contributed by atoms with Crippen LogP contribution in [0, 0.1) is 19.8 Å². The van der Waals surface area contributed by atoms with Gasteiger partial charge in [-0.15, -0.1) is 0 Å². The van der Waals surface area contributed by atoms with Crippen molar-refractivity contribution < 1.29 is 4.74 Å². The number of hydrogen-bond donors (Lipinski definition) is 2. The van der Waals surface area contributed by atoms with Gasteiger partial charge >= 0.3 is 0 Å². The third kappa shape index (κ3) is 2.38. The molecule has 3 nitrogen and oxygen atoms in total. The maximum Gasteiger partial charge on any atom is 0.124 e. The van der Waals surface area contributed by atoms with Gasteiger partial charge in [0, 0.05) is 17.6 Å². The summed E-state index contributed by atoms with van der Waals surface area (Å²) in [7, 11) is 3.77. The average Bonchev–Trinajstić information content (AvgIpc) is 2.29. The van der Waals surface area contributed by atoms with Gasteiger partial charge in [-0.25, -0.2) is 0 Å². The van der Waals surface area contributed by atoms with Gasteiger partial charge in [-0.05, 0) is 56.8 Å². The number of hydrogen-bond acceptors (Lipinski definition) is 3. The summed E-state index contributed by atoms with van der Waals surface area (Å²) in [6.07, 6.45) is 2.20. The van der Waals surface area contributed by atoms with Crippen LogP contribution >= 0.6 is 0 Å². The molecule has 3 N–H and O–H groups in total. The van der Waals surface area contributed by atoms with Gasteiger partial charge in [-0.1, -0.05) is 6.07 Å². The highest BCUT2D eigenvalue weighted by Gasteiger charge is 2.35. The molecule has 1 fully saturated rings. The van der Waals surface area contributed by atoms with E-state index < -0.39 is 0 Å². The molecule has 0 saturated heterocycles. The van der Waals surface area contributed by atoms with Crippen LogP contribution in [-0.2, 0) is 0 Å². The maximum absolute atomic E-state index is 5.91. The zero-order valence-corrected chi connectivity index (χ0v) is 11.8. The second-order valence-electron chi connectivity index (χ2n) is 5.46. The first-order chi connectivity index (χ1) is 8.56. The van der Waals surface area contributed by atoms with Gasteiger partial charge in [-0.3, -0.25) is 0 Å². The van der Waals surface area contributed by atoms with E-state index in [0.717, 1.165) is 18.6 Å². The highest BCUT2D eigenvalue weighted by Crippen LogP contribution is 2.41. The lowest BCUT2D eigenvalue weighted by Gasteiger charge is -2.39. The van der Waals surface area contributed by atoms with Crippen LogP contribution in [0.4, 0.5) is 0 Å². The molecule has 18 heavy (non-hydrogen) atoms. The van der Waals surface area contributed by atoms with Crippen LogP contribution in [0.25, 0.3) is 0 Å². The molecule has 0 radical (unpaired) electrons. The van der Waals surface area contributed by atoms with Gasteiger partial charge in [0.1, 0.15) is 5.75 Å². The molecule has 0 heterocycles. The zero-order chi connectivity index (χ0) is 13.3. The molecule has 1 aromatic rings. The molecule has 0 aromatic heterocycles. The van der Waals surface area contributed by atoms with E-state index in [-0.39, 0.29) is 0 Å². The van der Waals surface area contributed by atoms with Crippen molar-refractivity contribution in [2.24, 2.45) is 11.7 Å². The normalized spacial score (nSPS) is 24.5. The van der Waals surface area contributed by atoms with Gasteiger partial charge in [0.15, 0.2) is 0 Å². The summed E-state index contributed by atoms with van der Waals surface area (Å²) >= 11 is 0. The Labute approximate surface area is 110 Å². The molecule has 100 valence electrons. The van der Waals surface area contributed by atoms with Gasteiger partial charge < -0.3 is 15.8 Å². The topological polar surface area (TPSA) is 47.3 Å². The molecule has 1 aliphatic carbocycles. The molecule has 1 aromatic carbocycles. The summed E-state index contributed by atoms with van der Waals surface area (Å²) in [5, 5.41) is 3.44. The number of rotatable bonds is 4. The van der Waals surface area contributed by atoms with E-state index in [1.807, 2.05) is 7.05 Å². The van der Waals surface area contributed by atoms with Gasteiger partial charge in [-0.2, -0.15) is 0 Å². The number of ether oxygens (including phenoxy) is 1. The lowest BCUT2D eigenvalue weighted by molar-refractivity contribution is 0.200. The maximum atomic E-state index is 5.91. The molecule has 0 amide bonds. The standard InChI is InChI=1S/C15H24N2O/c1-9-5-10(2)14(13(6-9)18-4)15(17-3)11-7-12(16)8-11/h5-6,11-12,15,17H,7-8,16H2,1-4H3. The van der Waals surface area contributed by atoms with Crippen LogP contribution in [-0.4, -0.2) is 20.2 Å². The van der Waals surface area contributed by atoms with Crippen LogP contribution < -0.4 is 15.8 Å². The van der Waals surface area contributed by atoms with Crippen molar-refractivity contribution in [3.05, 3.63) is 28.8 Å². The first-order valence-electron chi connectivity index (χ1n) is 6.64. The molecule has 0 spiro atoms. The Morgan fingerprint density at radius 3 is 2.50 bits per heavy atom. The first-order valence-corrected chi connectivity index (χ1v) is 6.64. The molecular weight excluding hydrogens is 224 g/mol. The van der Waals surface area contributed by atoms with Crippen molar-refractivity contribution in [3.63, 3.8) is 0 Å². The number of benzene rings is 1. The lowest BCUT2D eigenvalue weighted by atomic mass is 9.73. The second-order valence-corrected chi connectivity index (χ2v) is 5.46. The molecule has 0 aliphatic heterocycles. The van der Waals surface area contributed by atoms with Crippen molar-refractivity contribution >= 4 is 0 Å². The fraction of sp³-hybridized carbons (Fsp3) is 0.600. The molecule has 1 unspecified atom stereocenters. The number of nitrogens with one attached hydrogen (secondary N) is 1. The first kappa shape index (κ1) is 13.4. The fourth-order valence-corrected chi connectivity index (χ4v) is 3.10. The summed E-state index contributed by atoms with van der Waals surface area (Å²) in [5.41, 5.74) is 9.75. The summed E-state index contributed by atoms with van der Waals surface area (Å²) in [6.45, 7) is 4.26. The van der Waals surface area contributed by atoms with E-state index in [0.29, 0.717) is 18.0 Å². The molecule has 0 bridgehead atoms. The van der Waals surface area contributed by atoms with Crippen LogP contribution in [0.5, 0.6) is 5.75 Å². The molecule has 1 aliphatic rings. The molecule has 3 heteroatoms. The van der Waals surface area contributed by atoms with E-state index in [9.17, 15) is 0 Å². The third-order valence-corrected chi connectivity index (χ3v) is 4.02. The minimum absolute atomic E-state index is 0.348. The van der Waals surface area contributed by atoms with Crippen LogP contribution in [0.3, 0.4) is 0 Å². The van der Waals surface area contributed by atoms with Crippen LogP contribution in [0.2, 0.25) is 0 Å². The van der Waals surface area contributed by atoms with Crippen LogP contribution in [0.1, 0.15) is 35.6 Å². The van der Waals surface area contributed by atoms with Gasteiger partial charge in [0.05, 0.1) is 7.11 Å². The lowest BCUT2D eigenvalue weighted by Crippen LogP contribution is -2.42. The van der Waals surface area contributed by atoms with Crippen molar-refractivity contribution in [2.45, 2.75) is 38.8 Å². The highest BCUT2D eigenvalue weighted by molar-refractivity contribution is 5.45. The fourth-order valence-electron chi connectivity index (χ4n) is 3.10. The number of methoxy groups -OCH3 is 1. The molecule has 1 saturated carbocycles. The number of nitrogens with two attached hydrogens (primary N) is 1. The predicted octanol–water partition coefficient (Wildman–Crippen LogP) is 2.31. The smallest absolute Gasteiger partial charge is 0.124 e. The van der Waals surface area contributed by atoms with E-state index in [2.05, 4.69) is 31.3 Å². The predicted molar refractivity (Wildman–Crippen MR) is 75.0 cm³/mol. The summed E-state index contributed by atoms with van der Waals surface area (Å²) in [4.78, 5) is 0. The Morgan fingerprint density at radius 1 is 1.33 bits per heavy atom. The quantitative estimate of drug-likeness (QED) is 0.859. The minimum Gasteiger partial charge on any atom is -0.496 e. The van der Waals surface area contributed by atoms with Crippen molar-refractivity contribution in [1.29, 1.82) is 0 Å². The zero-order valence-electron chi connectivity index (χ0n) is 11.8. The average molecular weight is 248 g/mol. The van der Waals surface area contributed by atoms with Crippen molar-refractivity contribution in [2.75, 3.05) is 14.2 Å². The molecule has 1 atom stereocenters. The van der Waals surface area contributed by atoms with Gasteiger partial charge in [0.2, 0.25) is 0 Å². The largest absolute Gasteiger partial charge is 0.496 e. The summed E-state index contributed by atoms with van der Waals surface area (Å²) in [5.74, 6) is 1.62. The SMILES string of the molecule is CNC(c1c(C)cc(C)cc1OC)C1CC(N)C1. The number of aryl methyl sites for hydroxylation is 2. The minimum atomic E-state index is 0.348. The summed E-state index contributed by atoms with van der Waals surface area (Å²) in [6, 6.07) is 5.06. The second kappa shape index (κ2) is 5.29. The Hall–Kier alpha value is -1.06. The van der Waals surface area contributed by atoms with E-state index in [1.54, 1.807) is 7.11 Å². The Bertz CT molecular complexity index is 425. The highest BCUT2D eigenvalue weighted by atomic mass is 16.5. The molecule has 2 rings (SSSR count). The van der Waals surface area contributed by atoms with E-state index in [1.165, 1.54) is 16.7 Å². The Kier molecular flexibility index (Phi) is 3.93.